The highest BCUT2D eigenvalue weighted by Gasteiger charge is 2.55. The average Bonchev–Trinajstić information content (AvgIpc) is 3.65. The standard InChI is InChI=1S/C28H32F3N5O3/c1-26(16-35(2)17-26)27(37,20-3-7-23(8-4-20)39-28(29,30)31)21-13-19(14-32-15-21)24-33-25(18-9-11-38-12-10-18)36(34-24)22-5-6-22/h3-4,7-8,13-15,18,22,37H,5-6,9-12,16-17H2,1-2H3/t27-/m0/s1. The van der Waals surface area contributed by atoms with Crippen LogP contribution in [0.15, 0.2) is 42.7 Å². The molecule has 0 bridgehead atoms. The lowest BCUT2D eigenvalue weighted by atomic mass is 9.62. The molecule has 208 valence electrons. The number of nitrogens with zero attached hydrogens (tertiary/aromatic N) is 5. The first kappa shape index (κ1) is 26.2. The monoisotopic (exact) mass is 543 g/mol. The van der Waals surface area contributed by atoms with Crippen LogP contribution in [0.5, 0.6) is 5.75 Å². The van der Waals surface area contributed by atoms with Gasteiger partial charge in [0.15, 0.2) is 5.82 Å². The van der Waals surface area contributed by atoms with E-state index in [0.29, 0.717) is 54.9 Å². The highest BCUT2D eigenvalue weighted by molar-refractivity contribution is 5.56. The van der Waals surface area contributed by atoms with Crippen LogP contribution >= 0.6 is 0 Å². The summed E-state index contributed by atoms with van der Waals surface area (Å²) in [6, 6.07) is 7.66. The lowest BCUT2D eigenvalue weighted by molar-refractivity contribution is -0.274. The van der Waals surface area contributed by atoms with Gasteiger partial charge in [-0.2, -0.15) is 5.10 Å². The Morgan fingerprint density at radius 1 is 1.03 bits per heavy atom. The molecular weight excluding hydrogens is 511 g/mol. The van der Waals surface area contributed by atoms with Gasteiger partial charge in [0.2, 0.25) is 0 Å². The molecule has 0 spiro atoms. The van der Waals surface area contributed by atoms with E-state index in [9.17, 15) is 18.3 Å². The summed E-state index contributed by atoms with van der Waals surface area (Å²) in [6.07, 6.45) is 2.49. The quantitative estimate of drug-likeness (QED) is 0.464. The van der Waals surface area contributed by atoms with E-state index in [4.69, 9.17) is 14.8 Å². The molecule has 1 saturated carbocycles. The number of rotatable bonds is 7. The van der Waals surface area contributed by atoms with Crippen LogP contribution in [0, 0.1) is 5.41 Å². The Kier molecular flexibility index (Phi) is 6.43. The zero-order chi connectivity index (χ0) is 27.4. The molecule has 2 aliphatic heterocycles. The van der Waals surface area contributed by atoms with Crippen molar-refractivity contribution in [3.8, 4) is 17.1 Å². The molecule has 1 atom stereocenters. The molecule has 3 aromatic rings. The number of likely N-dealkylation sites (tertiary alicyclic amines) is 1. The summed E-state index contributed by atoms with van der Waals surface area (Å²) in [5, 5.41) is 17.3. The van der Waals surface area contributed by atoms with E-state index in [0.717, 1.165) is 31.5 Å². The average molecular weight is 544 g/mol. The maximum Gasteiger partial charge on any atom is 0.573 e. The summed E-state index contributed by atoms with van der Waals surface area (Å²) in [7, 11) is 1.96. The van der Waals surface area contributed by atoms with Crippen LogP contribution < -0.4 is 4.74 Å². The Morgan fingerprint density at radius 2 is 1.72 bits per heavy atom. The number of alkyl halides is 3. The van der Waals surface area contributed by atoms with Crippen LogP contribution in [0.3, 0.4) is 0 Å². The van der Waals surface area contributed by atoms with Gasteiger partial charge in [-0.3, -0.25) is 4.98 Å². The molecule has 2 aromatic heterocycles. The smallest absolute Gasteiger partial charge is 0.406 e. The van der Waals surface area contributed by atoms with Crippen LogP contribution in [0.25, 0.3) is 11.4 Å². The molecule has 1 N–H and O–H groups in total. The summed E-state index contributed by atoms with van der Waals surface area (Å²) in [6.45, 7) is 4.58. The molecule has 3 aliphatic rings. The minimum atomic E-state index is -4.79. The van der Waals surface area contributed by atoms with Crippen molar-refractivity contribution in [3.63, 3.8) is 0 Å². The lowest BCUT2D eigenvalue weighted by Crippen LogP contribution is -2.63. The number of aliphatic hydroxyl groups is 1. The number of hydrogen-bond donors (Lipinski definition) is 1. The van der Waals surface area contributed by atoms with Crippen LogP contribution in [0.2, 0.25) is 0 Å². The number of aromatic nitrogens is 4. The molecule has 39 heavy (non-hydrogen) atoms. The minimum absolute atomic E-state index is 0.288. The summed E-state index contributed by atoms with van der Waals surface area (Å²) in [5.74, 6) is 1.48. The van der Waals surface area contributed by atoms with Gasteiger partial charge in [0.05, 0.1) is 6.04 Å². The van der Waals surface area contributed by atoms with E-state index in [1.807, 2.05) is 20.0 Å². The second-order valence-electron chi connectivity index (χ2n) is 11.3. The molecular formula is C28H32F3N5O3. The first-order valence-corrected chi connectivity index (χ1v) is 13.3. The third-order valence-electron chi connectivity index (χ3n) is 8.17. The summed E-state index contributed by atoms with van der Waals surface area (Å²) < 4.78 is 49.9. The molecule has 0 radical (unpaired) electrons. The first-order chi connectivity index (χ1) is 18.6. The van der Waals surface area contributed by atoms with Crippen molar-refractivity contribution < 1.29 is 27.8 Å². The van der Waals surface area contributed by atoms with Gasteiger partial charge in [-0.05, 0) is 56.5 Å². The van der Waals surface area contributed by atoms with Crippen LogP contribution in [-0.4, -0.2) is 69.5 Å². The van der Waals surface area contributed by atoms with E-state index < -0.39 is 17.4 Å². The van der Waals surface area contributed by atoms with E-state index in [1.165, 1.54) is 24.3 Å². The van der Waals surface area contributed by atoms with Crippen LogP contribution in [0.4, 0.5) is 13.2 Å². The number of pyridine rings is 1. The van der Waals surface area contributed by atoms with Crippen LogP contribution in [0.1, 0.15) is 61.5 Å². The molecule has 3 fully saturated rings. The maximum atomic E-state index is 12.7. The van der Waals surface area contributed by atoms with E-state index in [2.05, 4.69) is 19.3 Å². The van der Waals surface area contributed by atoms with Gasteiger partial charge in [-0.1, -0.05) is 19.1 Å². The van der Waals surface area contributed by atoms with Gasteiger partial charge in [0.1, 0.15) is 17.2 Å². The molecule has 1 aromatic carbocycles. The Labute approximate surface area is 224 Å². The highest BCUT2D eigenvalue weighted by Crippen LogP contribution is 2.50. The van der Waals surface area contributed by atoms with Crippen molar-refractivity contribution in [1.82, 2.24) is 24.6 Å². The fourth-order valence-electron chi connectivity index (χ4n) is 6.18. The number of ether oxygens (including phenoxy) is 2. The predicted molar refractivity (Wildman–Crippen MR) is 136 cm³/mol. The van der Waals surface area contributed by atoms with Crippen molar-refractivity contribution >= 4 is 0 Å². The molecule has 2 saturated heterocycles. The maximum absolute atomic E-state index is 12.7. The molecule has 8 nitrogen and oxygen atoms in total. The Bertz CT molecular complexity index is 1330. The SMILES string of the molecule is CN1CC(C)([C@](O)(c2ccc(OC(F)(F)F)cc2)c2cncc(-c3nc(C4CCOCC4)n(C4CC4)n3)c2)C1. The van der Waals surface area contributed by atoms with Crippen LogP contribution in [-0.2, 0) is 10.3 Å². The number of halogens is 3. The summed E-state index contributed by atoms with van der Waals surface area (Å²) >= 11 is 0. The second-order valence-corrected chi connectivity index (χ2v) is 11.3. The summed E-state index contributed by atoms with van der Waals surface area (Å²) in [4.78, 5) is 11.5. The topological polar surface area (TPSA) is 85.5 Å². The molecule has 11 heteroatoms. The zero-order valence-corrected chi connectivity index (χ0v) is 22.0. The molecule has 6 rings (SSSR count). The van der Waals surface area contributed by atoms with E-state index in [-0.39, 0.29) is 11.7 Å². The third-order valence-corrected chi connectivity index (χ3v) is 8.17. The minimum Gasteiger partial charge on any atom is -0.406 e. The van der Waals surface area contributed by atoms with E-state index in [1.54, 1.807) is 12.4 Å². The van der Waals surface area contributed by atoms with Gasteiger partial charge in [-0.15, -0.1) is 13.2 Å². The lowest BCUT2D eigenvalue weighted by Gasteiger charge is -2.55. The van der Waals surface area contributed by atoms with Gasteiger partial charge in [0, 0.05) is 61.2 Å². The van der Waals surface area contributed by atoms with Crippen molar-refractivity contribution in [2.75, 3.05) is 33.4 Å². The normalized spacial score (nSPS) is 21.8. The van der Waals surface area contributed by atoms with Gasteiger partial charge in [0.25, 0.3) is 0 Å². The fraction of sp³-hybridized carbons (Fsp3) is 0.536. The van der Waals surface area contributed by atoms with Crippen molar-refractivity contribution in [2.24, 2.45) is 5.41 Å². The zero-order valence-electron chi connectivity index (χ0n) is 22.0. The van der Waals surface area contributed by atoms with E-state index >= 15 is 0 Å². The number of hydrogen-bond acceptors (Lipinski definition) is 7. The molecule has 4 heterocycles. The van der Waals surface area contributed by atoms with Gasteiger partial charge in [-0.25, -0.2) is 9.67 Å². The highest BCUT2D eigenvalue weighted by atomic mass is 19.4. The Balaban J connectivity index is 1.39. The van der Waals surface area contributed by atoms with Crippen molar-refractivity contribution in [3.05, 3.63) is 59.7 Å². The molecule has 0 amide bonds. The Morgan fingerprint density at radius 3 is 2.33 bits per heavy atom. The summed E-state index contributed by atoms with van der Waals surface area (Å²) in [5.41, 5.74) is -0.446. The van der Waals surface area contributed by atoms with Gasteiger partial charge >= 0.3 is 6.36 Å². The van der Waals surface area contributed by atoms with Crippen molar-refractivity contribution in [2.45, 2.75) is 56.5 Å². The predicted octanol–water partition coefficient (Wildman–Crippen LogP) is 4.66. The Hall–Kier alpha value is -3.02. The van der Waals surface area contributed by atoms with Gasteiger partial charge < -0.3 is 19.5 Å². The fourth-order valence-corrected chi connectivity index (χ4v) is 6.18. The second kappa shape index (κ2) is 9.57. The number of benzene rings is 1. The van der Waals surface area contributed by atoms with Crippen molar-refractivity contribution in [1.29, 1.82) is 0 Å². The largest absolute Gasteiger partial charge is 0.573 e. The molecule has 0 unspecified atom stereocenters. The molecule has 1 aliphatic carbocycles. The first-order valence-electron chi connectivity index (χ1n) is 13.3. The third kappa shape index (κ3) is 4.92.